The van der Waals surface area contributed by atoms with Crippen LogP contribution in [0.25, 0.3) is 0 Å². The quantitative estimate of drug-likeness (QED) is 0.612. The average Bonchev–Trinajstić information content (AvgIpc) is 2.53. The molecule has 1 saturated heterocycles. The van der Waals surface area contributed by atoms with Gasteiger partial charge in [-0.05, 0) is 34.7 Å². The van der Waals surface area contributed by atoms with Crippen LogP contribution in [-0.4, -0.2) is 41.3 Å². The molecule has 0 bridgehead atoms. The lowest BCUT2D eigenvalue weighted by atomic mass is 10.4. The fourth-order valence-corrected chi connectivity index (χ4v) is 2.57. The number of pyridine rings is 1. The van der Waals surface area contributed by atoms with E-state index in [-0.39, 0.29) is 0 Å². The third-order valence-electron chi connectivity index (χ3n) is 3.04. The molecule has 21 heavy (non-hydrogen) atoms. The van der Waals surface area contributed by atoms with Crippen molar-refractivity contribution in [3.05, 3.63) is 33.2 Å². The maximum Gasteiger partial charge on any atom is 0.228 e. The summed E-state index contributed by atoms with van der Waals surface area (Å²) >= 11 is 8.42. The van der Waals surface area contributed by atoms with Gasteiger partial charge < -0.3 is 15.0 Å². The molecule has 2 aromatic rings. The Hall–Kier alpha value is -1.19. The smallest absolute Gasteiger partial charge is 0.228 e. The van der Waals surface area contributed by atoms with Crippen LogP contribution in [0.3, 0.4) is 0 Å². The highest BCUT2D eigenvalue weighted by atomic mass is 127. The van der Waals surface area contributed by atoms with Crippen LogP contribution < -0.4 is 10.2 Å². The van der Waals surface area contributed by atoms with E-state index in [0.29, 0.717) is 30.0 Å². The van der Waals surface area contributed by atoms with Gasteiger partial charge >= 0.3 is 0 Å². The lowest BCUT2D eigenvalue weighted by molar-refractivity contribution is 0.122. The topological polar surface area (TPSA) is 63.2 Å². The minimum atomic E-state index is 0.518. The van der Waals surface area contributed by atoms with Gasteiger partial charge in [-0.15, -0.1) is 0 Å². The van der Waals surface area contributed by atoms with Gasteiger partial charge in [0, 0.05) is 31.2 Å². The molecule has 0 aliphatic carbocycles. The van der Waals surface area contributed by atoms with Crippen LogP contribution in [0, 0.1) is 3.70 Å². The van der Waals surface area contributed by atoms with Gasteiger partial charge in [-0.3, -0.25) is 4.98 Å². The lowest BCUT2D eigenvalue weighted by Gasteiger charge is -2.27. The average molecular weight is 418 g/mol. The first-order chi connectivity index (χ1) is 10.2. The number of ether oxygens (including phenoxy) is 1. The Kier molecular flexibility index (Phi) is 4.71. The van der Waals surface area contributed by atoms with Gasteiger partial charge in [0.15, 0.2) is 5.82 Å². The van der Waals surface area contributed by atoms with E-state index in [1.807, 2.05) is 12.1 Å². The molecule has 1 aliphatic heterocycles. The molecule has 0 radical (unpaired) electrons. The van der Waals surface area contributed by atoms with E-state index in [0.717, 1.165) is 22.5 Å². The predicted octanol–water partition coefficient (Wildman–Crippen LogP) is 2.71. The van der Waals surface area contributed by atoms with Crippen LogP contribution in [0.2, 0.25) is 5.02 Å². The highest BCUT2D eigenvalue weighted by Crippen LogP contribution is 2.29. The maximum absolute atomic E-state index is 6.30. The third kappa shape index (κ3) is 3.53. The summed E-state index contributed by atoms with van der Waals surface area (Å²) in [5.74, 6) is 1.27. The first-order valence-corrected chi connectivity index (χ1v) is 7.92. The van der Waals surface area contributed by atoms with Crippen LogP contribution in [0.15, 0.2) is 24.5 Å². The summed E-state index contributed by atoms with van der Waals surface area (Å²) in [6.07, 6.45) is 3.43. The van der Waals surface area contributed by atoms with Gasteiger partial charge in [-0.1, -0.05) is 11.6 Å². The van der Waals surface area contributed by atoms with Gasteiger partial charge in [0.1, 0.15) is 8.72 Å². The second-order valence-electron chi connectivity index (χ2n) is 4.44. The zero-order valence-corrected chi connectivity index (χ0v) is 14.0. The van der Waals surface area contributed by atoms with E-state index in [1.165, 1.54) is 0 Å². The number of anilines is 3. The van der Waals surface area contributed by atoms with E-state index < -0.39 is 0 Å². The number of hydrogen-bond acceptors (Lipinski definition) is 6. The molecule has 1 aliphatic rings. The number of halogens is 2. The van der Waals surface area contributed by atoms with Crippen molar-refractivity contribution in [3.8, 4) is 0 Å². The third-order valence-corrected chi connectivity index (χ3v) is 4.49. The van der Waals surface area contributed by atoms with Gasteiger partial charge in [0.2, 0.25) is 5.95 Å². The van der Waals surface area contributed by atoms with Crippen molar-refractivity contribution >= 4 is 51.6 Å². The summed E-state index contributed by atoms with van der Waals surface area (Å²) in [6.45, 7) is 2.95. The largest absolute Gasteiger partial charge is 0.378 e. The van der Waals surface area contributed by atoms with Gasteiger partial charge in [-0.2, -0.15) is 4.98 Å². The summed E-state index contributed by atoms with van der Waals surface area (Å²) in [7, 11) is 0. The Balaban J connectivity index is 1.90. The molecule has 2 aromatic heterocycles. The van der Waals surface area contributed by atoms with Gasteiger partial charge in [-0.25, -0.2) is 4.98 Å². The van der Waals surface area contributed by atoms with E-state index in [4.69, 9.17) is 16.3 Å². The molecule has 6 nitrogen and oxygen atoms in total. The summed E-state index contributed by atoms with van der Waals surface area (Å²) in [5, 5.41) is 3.72. The van der Waals surface area contributed by atoms with Crippen molar-refractivity contribution in [1.29, 1.82) is 0 Å². The standard InChI is InChI=1S/C13H13ClIN5O/c14-10-11(15)18-13(20-5-7-21-8-6-20)19-12(10)17-9-1-3-16-4-2-9/h1-4H,5-8H2,(H,16,17,18,19). The minimum absolute atomic E-state index is 0.518. The van der Waals surface area contributed by atoms with Crippen LogP contribution in [-0.2, 0) is 4.74 Å². The monoisotopic (exact) mass is 417 g/mol. The van der Waals surface area contributed by atoms with Crippen molar-refractivity contribution in [2.24, 2.45) is 0 Å². The van der Waals surface area contributed by atoms with Crippen LogP contribution >= 0.6 is 34.2 Å². The summed E-state index contributed by atoms with van der Waals surface area (Å²) < 4.78 is 6.08. The molecule has 8 heteroatoms. The fourth-order valence-electron chi connectivity index (χ4n) is 1.97. The summed E-state index contributed by atoms with van der Waals surface area (Å²) in [4.78, 5) is 15.1. The Bertz CT molecular complexity index is 621. The van der Waals surface area contributed by atoms with Crippen molar-refractivity contribution in [3.63, 3.8) is 0 Å². The maximum atomic E-state index is 6.30. The number of morpholine rings is 1. The Morgan fingerprint density at radius 2 is 1.90 bits per heavy atom. The molecule has 3 heterocycles. The van der Waals surface area contributed by atoms with Crippen molar-refractivity contribution in [2.75, 3.05) is 36.5 Å². The Labute approximate surface area is 141 Å². The lowest BCUT2D eigenvalue weighted by Crippen LogP contribution is -2.37. The van der Waals surface area contributed by atoms with E-state index in [1.54, 1.807) is 12.4 Å². The second-order valence-corrected chi connectivity index (χ2v) is 5.84. The first kappa shape index (κ1) is 14.7. The minimum Gasteiger partial charge on any atom is -0.378 e. The molecule has 0 saturated carbocycles. The number of nitrogens with one attached hydrogen (secondary N) is 1. The zero-order chi connectivity index (χ0) is 14.7. The molecule has 0 atom stereocenters. The highest BCUT2D eigenvalue weighted by molar-refractivity contribution is 14.1. The summed E-state index contributed by atoms with van der Waals surface area (Å²) in [5.41, 5.74) is 0.884. The molecular weight excluding hydrogens is 405 g/mol. The molecule has 1 N–H and O–H groups in total. The molecule has 3 rings (SSSR count). The van der Waals surface area contributed by atoms with Gasteiger partial charge in [0.05, 0.1) is 13.2 Å². The number of nitrogens with zero attached hydrogens (tertiary/aromatic N) is 4. The SMILES string of the molecule is Clc1c(I)nc(N2CCOCC2)nc1Nc1ccncc1. The van der Waals surface area contributed by atoms with E-state index >= 15 is 0 Å². The molecule has 110 valence electrons. The molecule has 0 aromatic carbocycles. The molecule has 1 fully saturated rings. The van der Waals surface area contributed by atoms with Crippen molar-refractivity contribution < 1.29 is 4.74 Å². The second kappa shape index (κ2) is 6.71. The van der Waals surface area contributed by atoms with E-state index in [2.05, 4.69) is 47.8 Å². The normalized spacial score (nSPS) is 15.0. The predicted molar refractivity (Wildman–Crippen MR) is 90.3 cm³/mol. The zero-order valence-electron chi connectivity index (χ0n) is 11.1. The van der Waals surface area contributed by atoms with Crippen LogP contribution in [0.1, 0.15) is 0 Å². The number of aromatic nitrogens is 3. The highest BCUT2D eigenvalue weighted by Gasteiger charge is 2.18. The van der Waals surface area contributed by atoms with Crippen molar-refractivity contribution in [2.45, 2.75) is 0 Å². The summed E-state index contributed by atoms with van der Waals surface area (Å²) in [6, 6.07) is 3.72. The molecule has 0 amide bonds. The molecular formula is C13H13ClIN5O. The molecule has 0 unspecified atom stereocenters. The van der Waals surface area contributed by atoms with Crippen LogP contribution in [0.4, 0.5) is 17.5 Å². The number of hydrogen-bond donors (Lipinski definition) is 1. The van der Waals surface area contributed by atoms with E-state index in [9.17, 15) is 0 Å². The Morgan fingerprint density at radius 1 is 1.19 bits per heavy atom. The van der Waals surface area contributed by atoms with Crippen molar-refractivity contribution in [1.82, 2.24) is 15.0 Å². The first-order valence-electron chi connectivity index (χ1n) is 6.47. The molecule has 0 spiro atoms. The van der Waals surface area contributed by atoms with Crippen LogP contribution in [0.5, 0.6) is 0 Å². The Morgan fingerprint density at radius 3 is 2.62 bits per heavy atom. The van der Waals surface area contributed by atoms with Gasteiger partial charge in [0.25, 0.3) is 0 Å². The number of rotatable bonds is 3. The fraction of sp³-hybridized carbons (Fsp3) is 0.308.